The Balaban J connectivity index is 1.85. The van der Waals surface area contributed by atoms with Crippen molar-refractivity contribution in [3.05, 3.63) is 84.2 Å². The topological polar surface area (TPSA) is 78.0 Å². The minimum Gasteiger partial charge on any atom is -0.490 e. The van der Waals surface area contributed by atoms with Gasteiger partial charge in [0.25, 0.3) is 5.91 Å². The van der Waals surface area contributed by atoms with E-state index in [1.165, 1.54) is 4.90 Å². The molecule has 0 saturated carbocycles. The molecule has 0 spiro atoms. The molecule has 2 aromatic carbocycles. The van der Waals surface area contributed by atoms with Gasteiger partial charge in [0.2, 0.25) is 0 Å². The number of hydrogen-bond acceptors (Lipinski definition) is 6. The molecule has 1 aromatic heterocycles. The van der Waals surface area contributed by atoms with Crippen molar-refractivity contribution in [2.45, 2.75) is 20.5 Å². The highest BCUT2D eigenvalue weighted by molar-refractivity contribution is 6.08. The molecule has 3 rings (SSSR count). The second-order valence-electron chi connectivity index (χ2n) is 6.78. The zero-order chi connectivity index (χ0) is 22.8. The normalized spacial score (nSPS) is 10.3. The summed E-state index contributed by atoms with van der Waals surface area (Å²) in [6.45, 7) is 4.36. The summed E-state index contributed by atoms with van der Waals surface area (Å²) in [5.74, 6) is 0.144. The number of nitrogens with zero attached hydrogens (tertiary/aromatic N) is 2. The van der Waals surface area contributed by atoms with Crippen LogP contribution in [0.2, 0.25) is 0 Å². The van der Waals surface area contributed by atoms with Gasteiger partial charge in [-0.15, -0.1) is 0 Å². The Bertz CT molecular complexity index is 1030. The number of para-hydroxylation sites is 1. The van der Waals surface area contributed by atoms with Gasteiger partial charge in [0.15, 0.2) is 11.5 Å². The van der Waals surface area contributed by atoms with Gasteiger partial charge in [0.1, 0.15) is 13.2 Å². The van der Waals surface area contributed by atoms with E-state index in [-0.39, 0.29) is 19.1 Å². The van der Waals surface area contributed by atoms with Crippen molar-refractivity contribution in [3.8, 4) is 11.5 Å². The summed E-state index contributed by atoms with van der Waals surface area (Å²) in [5.41, 5.74) is 1.88. The van der Waals surface area contributed by atoms with Gasteiger partial charge >= 0.3 is 5.97 Å². The van der Waals surface area contributed by atoms with E-state index in [0.29, 0.717) is 36.0 Å². The lowest BCUT2D eigenvalue weighted by molar-refractivity contribution is -0.141. The van der Waals surface area contributed by atoms with Crippen LogP contribution in [0.15, 0.2) is 73.1 Å². The van der Waals surface area contributed by atoms with Crippen LogP contribution in [0.1, 0.15) is 29.8 Å². The highest BCUT2D eigenvalue weighted by atomic mass is 16.5. The average molecular weight is 434 g/mol. The molecule has 3 aromatic rings. The summed E-state index contributed by atoms with van der Waals surface area (Å²) in [5, 5.41) is 0. The van der Waals surface area contributed by atoms with Gasteiger partial charge in [-0.05, 0) is 50.2 Å². The van der Waals surface area contributed by atoms with Gasteiger partial charge in [-0.2, -0.15) is 0 Å². The maximum absolute atomic E-state index is 13.3. The summed E-state index contributed by atoms with van der Waals surface area (Å²) in [6.07, 6.45) is 3.43. The lowest BCUT2D eigenvalue weighted by atomic mass is 10.1. The highest BCUT2D eigenvalue weighted by Gasteiger charge is 2.22. The fourth-order valence-electron chi connectivity index (χ4n) is 3.05. The smallest absolute Gasteiger partial charge is 0.326 e. The lowest BCUT2D eigenvalue weighted by Gasteiger charge is -2.22. The van der Waals surface area contributed by atoms with Crippen molar-refractivity contribution < 1.29 is 23.8 Å². The van der Waals surface area contributed by atoms with Crippen molar-refractivity contribution in [1.82, 2.24) is 4.98 Å². The first-order valence-electron chi connectivity index (χ1n) is 10.4. The Morgan fingerprint density at radius 3 is 2.41 bits per heavy atom. The van der Waals surface area contributed by atoms with E-state index in [0.717, 1.165) is 5.56 Å². The van der Waals surface area contributed by atoms with Crippen molar-refractivity contribution >= 4 is 17.6 Å². The SMILES string of the molecule is CCOC(=O)CN(C(=O)c1ccc(OCc2cccnc2)c(OCC)c1)c1ccccc1. The number of carbonyl (C=O) groups excluding carboxylic acids is 2. The van der Waals surface area contributed by atoms with Crippen LogP contribution in [0.5, 0.6) is 11.5 Å². The minimum absolute atomic E-state index is 0.195. The van der Waals surface area contributed by atoms with E-state index >= 15 is 0 Å². The molecule has 7 heteroatoms. The molecule has 32 heavy (non-hydrogen) atoms. The second-order valence-corrected chi connectivity index (χ2v) is 6.78. The van der Waals surface area contributed by atoms with E-state index in [1.54, 1.807) is 49.6 Å². The molecule has 0 bridgehead atoms. The van der Waals surface area contributed by atoms with E-state index in [2.05, 4.69) is 4.98 Å². The molecule has 0 aliphatic heterocycles. The Morgan fingerprint density at radius 2 is 1.72 bits per heavy atom. The lowest BCUT2D eigenvalue weighted by Crippen LogP contribution is -2.36. The molecule has 0 radical (unpaired) electrons. The fourth-order valence-corrected chi connectivity index (χ4v) is 3.05. The van der Waals surface area contributed by atoms with Crippen molar-refractivity contribution in [2.75, 3.05) is 24.7 Å². The Kier molecular flexibility index (Phi) is 8.20. The Morgan fingerprint density at radius 1 is 0.906 bits per heavy atom. The van der Waals surface area contributed by atoms with Crippen LogP contribution in [-0.4, -0.2) is 36.6 Å². The molecule has 1 heterocycles. The zero-order valence-electron chi connectivity index (χ0n) is 18.2. The standard InChI is InChI=1S/C25H26N2O5/c1-3-30-23-15-20(12-13-22(23)32-18-19-9-8-14-26-16-19)25(29)27(17-24(28)31-4-2)21-10-6-5-7-11-21/h5-16H,3-4,17-18H2,1-2H3. The maximum atomic E-state index is 13.3. The zero-order valence-corrected chi connectivity index (χ0v) is 18.2. The quantitative estimate of drug-likeness (QED) is 0.444. The third kappa shape index (κ3) is 6.07. The van der Waals surface area contributed by atoms with Gasteiger partial charge < -0.3 is 14.2 Å². The molecule has 0 atom stereocenters. The molecule has 1 amide bonds. The van der Waals surface area contributed by atoms with Crippen LogP contribution >= 0.6 is 0 Å². The molecular weight excluding hydrogens is 408 g/mol. The fraction of sp³-hybridized carbons (Fsp3) is 0.240. The van der Waals surface area contributed by atoms with E-state index in [9.17, 15) is 9.59 Å². The molecule has 0 unspecified atom stereocenters. The van der Waals surface area contributed by atoms with Gasteiger partial charge in [0, 0.05) is 29.2 Å². The molecule has 0 fully saturated rings. The van der Waals surface area contributed by atoms with Crippen molar-refractivity contribution in [3.63, 3.8) is 0 Å². The number of anilines is 1. The molecule has 0 N–H and O–H groups in total. The molecule has 0 aliphatic rings. The highest BCUT2D eigenvalue weighted by Crippen LogP contribution is 2.30. The number of pyridine rings is 1. The number of benzene rings is 2. The van der Waals surface area contributed by atoms with E-state index < -0.39 is 5.97 Å². The first-order chi connectivity index (χ1) is 15.6. The van der Waals surface area contributed by atoms with Crippen LogP contribution < -0.4 is 14.4 Å². The summed E-state index contributed by atoms with van der Waals surface area (Å²) in [6, 6.07) is 17.7. The molecular formula is C25H26N2O5. The first kappa shape index (κ1) is 22.8. The van der Waals surface area contributed by atoms with Gasteiger partial charge in [-0.1, -0.05) is 24.3 Å². The van der Waals surface area contributed by atoms with Gasteiger partial charge in [0.05, 0.1) is 13.2 Å². The molecule has 0 saturated heterocycles. The number of esters is 1. The van der Waals surface area contributed by atoms with Crippen molar-refractivity contribution in [2.24, 2.45) is 0 Å². The first-order valence-corrected chi connectivity index (χ1v) is 10.4. The average Bonchev–Trinajstić information content (AvgIpc) is 2.83. The number of hydrogen-bond donors (Lipinski definition) is 0. The number of carbonyl (C=O) groups is 2. The maximum Gasteiger partial charge on any atom is 0.326 e. The summed E-state index contributed by atoms with van der Waals surface area (Å²) in [4.78, 5) is 31.0. The Labute approximate surface area is 187 Å². The number of ether oxygens (including phenoxy) is 3. The third-order valence-electron chi connectivity index (χ3n) is 4.51. The number of rotatable bonds is 10. The molecule has 0 aliphatic carbocycles. The third-order valence-corrected chi connectivity index (χ3v) is 4.51. The summed E-state index contributed by atoms with van der Waals surface area (Å²) in [7, 11) is 0. The summed E-state index contributed by atoms with van der Waals surface area (Å²) < 4.78 is 16.7. The monoisotopic (exact) mass is 434 g/mol. The van der Waals surface area contributed by atoms with Gasteiger partial charge in [-0.25, -0.2) is 0 Å². The largest absolute Gasteiger partial charge is 0.490 e. The predicted octanol–water partition coefficient (Wildman–Crippen LogP) is 4.27. The molecule has 7 nitrogen and oxygen atoms in total. The predicted molar refractivity (Wildman–Crippen MR) is 121 cm³/mol. The van der Waals surface area contributed by atoms with Crippen LogP contribution in [0.3, 0.4) is 0 Å². The van der Waals surface area contributed by atoms with Crippen LogP contribution in [0.25, 0.3) is 0 Å². The second kappa shape index (κ2) is 11.5. The van der Waals surface area contributed by atoms with Crippen LogP contribution in [0, 0.1) is 0 Å². The minimum atomic E-state index is -0.480. The summed E-state index contributed by atoms with van der Waals surface area (Å²) >= 11 is 0. The van der Waals surface area contributed by atoms with Crippen molar-refractivity contribution in [1.29, 1.82) is 0 Å². The Hall–Kier alpha value is -3.87. The van der Waals surface area contributed by atoms with Gasteiger partial charge in [-0.3, -0.25) is 19.5 Å². The van der Waals surface area contributed by atoms with Crippen LogP contribution in [-0.2, 0) is 16.1 Å². The van der Waals surface area contributed by atoms with E-state index in [1.807, 2.05) is 37.3 Å². The van der Waals surface area contributed by atoms with Crippen LogP contribution in [0.4, 0.5) is 5.69 Å². The molecule has 166 valence electrons. The van der Waals surface area contributed by atoms with E-state index in [4.69, 9.17) is 14.2 Å². The number of amides is 1. The number of aromatic nitrogens is 1.